The van der Waals surface area contributed by atoms with E-state index in [1.54, 1.807) is 6.92 Å². The van der Waals surface area contributed by atoms with Crippen molar-refractivity contribution < 1.29 is 14.6 Å². The van der Waals surface area contributed by atoms with Crippen LogP contribution in [0.15, 0.2) is 12.1 Å². The maximum atomic E-state index is 11.3. The molecule has 0 atom stereocenters. The predicted octanol–water partition coefficient (Wildman–Crippen LogP) is 2.02. The number of halogens is 1. The zero-order chi connectivity index (χ0) is 12.1. The zero-order valence-electron chi connectivity index (χ0n) is 8.66. The number of ether oxygens (including phenoxy) is 1. The summed E-state index contributed by atoms with van der Waals surface area (Å²) in [6, 6.07) is 4.56. The summed E-state index contributed by atoms with van der Waals surface area (Å²) >= 11 is 5.85. The van der Waals surface area contributed by atoms with Gasteiger partial charge in [-0.25, -0.2) is 0 Å². The highest BCUT2D eigenvalue weighted by Gasteiger charge is 2.15. The number of esters is 1. The molecule has 16 heavy (non-hydrogen) atoms. The van der Waals surface area contributed by atoms with Crippen molar-refractivity contribution in [3.63, 3.8) is 0 Å². The summed E-state index contributed by atoms with van der Waals surface area (Å²) in [6.07, 6.45) is -0.121. The Morgan fingerprint density at radius 3 is 2.88 bits per heavy atom. The van der Waals surface area contributed by atoms with Crippen molar-refractivity contribution in [2.45, 2.75) is 13.3 Å². The van der Waals surface area contributed by atoms with Crippen molar-refractivity contribution in [1.82, 2.24) is 0 Å². The smallest absolute Gasteiger partial charge is 0.310 e. The number of carbonyl (C=O) groups excluding carboxylic acids is 1. The van der Waals surface area contributed by atoms with E-state index >= 15 is 0 Å². The quantitative estimate of drug-likeness (QED) is 0.820. The van der Waals surface area contributed by atoms with Gasteiger partial charge in [0.15, 0.2) is 0 Å². The molecular formula is C11H10ClNO3. The lowest BCUT2D eigenvalue weighted by Gasteiger charge is -2.07. The number of hydrogen-bond donors (Lipinski definition) is 1. The summed E-state index contributed by atoms with van der Waals surface area (Å²) in [5, 5.41) is 18.5. The van der Waals surface area contributed by atoms with E-state index in [4.69, 9.17) is 21.6 Å². The van der Waals surface area contributed by atoms with Gasteiger partial charge in [-0.3, -0.25) is 4.79 Å². The minimum Gasteiger partial charge on any atom is -0.507 e. The van der Waals surface area contributed by atoms with Crippen molar-refractivity contribution in [1.29, 1.82) is 5.26 Å². The number of benzene rings is 1. The van der Waals surface area contributed by atoms with E-state index in [9.17, 15) is 9.90 Å². The lowest BCUT2D eigenvalue weighted by Crippen LogP contribution is -2.09. The van der Waals surface area contributed by atoms with Crippen LogP contribution in [0.5, 0.6) is 5.75 Å². The summed E-state index contributed by atoms with van der Waals surface area (Å²) < 4.78 is 4.75. The molecule has 0 saturated carbocycles. The Labute approximate surface area is 98.0 Å². The number of phenols is 1. The molecule has 1 rings (SSSR count). The minimum absolute atomic E-state index is 0.0144. The monoisotopic (exact) mass is 239 g/mol. The molecule has 1 aromatic carbocycles. The highest BCUT2D eigenvalue weighted by Crippen LogP contribution is 2.27. The van der Waals surface area contributed by atoms with Crippen molar-refractivity contribution in [3.05, 3.63) is 28.3 Å². The molecule has 0 saturated heterocycles. The molecule has 1 N–H and O–H groups in total. The number of phenolic OH excluding ortho intramolecular Hbond substituents is 1. The molecule has 1 aromatic rings. The van der Waals surface area contributed by atoms with Crippen LogP contribution in [0.25, 0.3) is 0 Å². The van der Waals surface area contributed by atoms with Gasteiger partial charge in [0.05, 0.1) is 18.6 Å². The fourth-order valence-electron chi connectivity index (χ4n) is 1.26. The predicted molar refractivity (Wildman–Crippen MR) is 58.2 cm³/mol. The maximum Gasteiger partial charge on any atom is 0.310 e. The van der Waals surface area contributed by atoms with E-state index in [0.717, 1.165) is 0 Å². The highest BCUT2D eigenvalue weighted by molar-refractivity contribution is 6.31. The molecule has 0 unspecified atom stereocenters. The van der Waals surface area contributed by atoms with Gasteiger partial charge >= 0.3 is 5.97 Å². The van der Waals surface area contributed by atoms with Crippen molar-refractivity contribution >= 4 is 17.6 Å². The number of carbonyl (C=O) groups is 1. The summed E-state index contributed by atoms with van der Waals surface area (Å²) in [7, 11) is 0. The van der Waals surface area contributed by atoms with E-state index in [2.05, 4.69) is 0 Å². The second-order valence-electron chi connectivity index (χ2n) is 3.01. The normalized spacial score (nSPS) is 9.56. The molecule has 4 nitrogen and oxygen atoms in total. The molecule has 0 radical (unpaired) electrons. The maximum absolute atomic E-state index is 11.3. The van der Waals surface area contributed by atoms with Gasteiger partial charge in [-0.15, -0.1) is 0 Å². The van der Waals surface area contributed by atoms with Crippen LogP contribution < -0.4 is 0 Å². The first kappa shape index (κ1) is 12.3. The first-order chi connectivity index (χ1) is 7.60. The standard InChI is InChI=1S/C11H10ClNO3/c1-2-16-11(15)5-7-8(6-13)10(14)4-3-9(7)12/h3-4,14H,2,5H2,1H3. The first-order valence-electron chi connectivity index (χ1n) is 4.66. The van der Waals surface area contributed by atoms with Crippen LogP contribution in [0.4, 0.5) is 0 Å². The van der Waals surface area contributed by atoms with Crippen molar-refractivity contribution in [2.24, 2.45) is 0 Å². The van der Waals surface area contributed by atoms with Gasteiger partial charge in [-0.1, -0.05) is 11.6 Å². The van der Waals surface area contributed by atoms with Crippen LogP contribution in [-0.2, 0) is 16.0 Å². The van der Waals surface area contributed by atoms with E-state index in [1.807, 2.05) is 6.07 Å². The van der Waals surface area contributed by atoms with Crippen LogP contribution in [0.2, 0.25) is 5.02 Å². The van der Waals surface area contributed by atoms with Crippen molar-refractivity contribution in [2.75, 3.05) is 6.61 Å². The van der Waals surface area contributed by atoms with Gasteiger partial charge in [0, 0.05) is 10.6 Å². The topological polar surface area (TPSA) is 70.3 Å². The van der Waals surface area contributed by atoms with Crippen LogP contribution in [0, 0.1) is 11.3 Å². The van der Waals surface area contributed by atoms with Gasteiger partial charge in [-0.05, 0) is 19.1 Å². The summed E-state index contributed by atoms with van der Waals surface area (Å²) in [5.74, 6) is -0.669. The van der Waals surface area contributed by atoms with E-state index < -0.39 is 5.97 Å². The van der Waals surface area contributed by atoms with Crippen LogP contribution in [-0.4, -0.2) is 17.7 Å². The minimum atomic E-state index is -0.480. The molecule has 0 aromatic heterocycles. The Morgan fingerprint density at radius 2 is 2.31 bits per heavy atom. The molecule has 0 aliphatic heterocycles. The summed E-state index contributed by atoms with van der Waals surface area (Å²) in [5.41, 5.74) is 0.308. The Kier molecular flexibility index (Phi) is 4.15. The fourth-order valence-corrected chi connectivity index (χ4v) is 1.49. The number of rotatable bonds is 3. The Hall–Kier alpha value is -1.73. The fraction of sp³-hybridized carbons (Fsp3) is 0.273. The van der Waals surface area contributed by atoms with E-state index in [0.29, 0.717) is 5.56 Å². The van der Waals surface area contributed by atoms with Gasteiger partial charge < -0.3 is 9.84 Å². The third kappa shape index (κ3) is 2.65. The lowest BCUT2D eigenvalue weighted by molar-refractivity contribution is -0.142. The van der Waals surface area contributed by atoms with Gasteiger partial charge in [0.2, 0.25) is 0 Å². The largest absolute Gasteiger partial charge is 0.507 e. The van der Waals surface area contributed by atoms with Gasteiger partial charge in [0.25, 0.3) is 0 Å². The molecule has 84 valence electrons. The average Bonchev–Trinajstić information content (AvgIpc) is 2.24. The van der Waals surface area contributed by atoms with Crippen molar-refractivity contribution in [3.8, 4) is 11.8 Å². The number of nitriles is 1. The molecule has 0 fully saturated rings. The van der Waals surface area contributed by atoms with E-state index in [1.165, 1.54) is 12.1 Å². The summed E-state index contributed by atoms with van der Waals surface area (Å²) in [4.78, 5) is 11.3. The third-order valence-electron chi connectivity index (χ3n) is 1.97. The molecular weight excluding hydrogens is 230 g/mol. The molecule has 0 bridgehead atoms. The van der Waals surface area contributed by atoms with Crippen LogP contribution >= 0.6 is 11.6 Å². The Bertz CT molecular complexity index is 451. The SMILES string of the molecule is CCOC(=O)Cc1c(Cl)ccc(O)c1C#N. The third-order valence-corrected chi connectivity index (χ3v) is 2.33. The molecule has 0 amide bonds. The van der Waals surface area contributed by atoms with Gasteiger partial charge in [-0.2, -0.15) is 5.26 Å². The number of hydrogen-bond acceptors (Lipinski definition) is 4. The first-order valence-corrected chi connectivity index (χ1v) is 5.04. The Balaban J connectivity index is 3.08. The molecule has 0 aliphatic carbocycles. The number of aromatic hydroxyl groups is 1. The van der Waals surface area contributed by atoms with Crippen LogP contribution in [0.1, 0.15) is 18.1 Å². The van der Waals surface area contributed by atoms with E-state index in [-0.39, 0.29) is 29.4 Å². The van der Waals surface area contributed by atoms with Crippen LogP contribution in [0.3, 0.4) is 0 Å². The van der Waals surface area contributed by atoms with Gasteiger partial charge in [0.1, 0.15) is 11.8 Å². The average molecular weight is 240 g/mol. The zero-order valence-corrected chi connectivity index (χ0v) is 9.41. The molecule has 0 heterocycles. The molecule has 5 heteroatoms. The second-order valence-corrected chi connectivity index (χ2v) is 3.42. The second kappa shape index (κ2) is 5.38. The number of nitrogens with zero attached hydrogens (tertiary/aromatic N) is 1. The lowest BCUT2D eigenvalue weighted by atomic mass is 10.0. The summed E-state index contributed by atoms with van der Waals surface area (Å²) in [6.45, 7) is 1.95. The Morgan fingerprint density at radius 1 is 1.62 bits per heavy atom. The highest BCUT2D eigenvalue weighted by atomic mass is 35.5. The molecule has 0 aliphatic rings. The molecule has 0 spiro atoms.